The maximum absolute atomic E-state index is 9.48. The zero-order valence-corrected chi connectivity index (χ0v) is 11.0. The van der Waals surface area contributed by atoms with Gasteiger partial charge in [-0.1, -0.05) is 0 Å². The Morgan fingerprint density at radius 3 is 3.18 bits per heavy atom. The van der Waals surface area contributed by atoms with Gasteiger partial charge in [-0.2, -0.15) is 11.3 Å². The highest BCUT2D eigenvalue weighted by atomic mass is 32.1. The van der Waals surface area contributed by atoms with Crippen LogP contribution >= 0.6 is 22.7 Å². The number of β-amino-alcohol motifs (C(OH)–C–C–N with tert-alkyl or cyclic N) is 1. The second-order valence-corrected chi connectivity index (χ2v) is 6.22. The highest BCUT2D eigenvalue weighted by molar-refractivity contribution is 7.15. The summed E-state index contributed by atoms with van der Waals surface area (Å²) in [6.07, 6.45) is 2.72. The maximum Gasteiger partial charge on any atom is 0.124 e. The van der Waals surface area contributed by atoms with Crippen molar-refractivity contribution < 1.29 is 5.11 Å². The Labute approximate surface area is 108 Å². The van der Waals surface area contributed by atoms with Crippen molar-refractivity contribution in [3.63, 3.8) is 0 Å². The molecule has 3 heterocycles. The Morgan fingerprint density at radius 1 is 1.53 bits per heavy atom. The average molecular weight is 266 g/mol. The molecule has 0 aromatic carbocycles. The number of aliphatic hydroxyl groups excluding tert-OH is 1. The van der Waals surface area contributed by atoms with Crippen LogP contribution in [-0.2, 0) is 6.54 Å². The topological polar surface area (TPSA) is 36.4 Å². The summed E-state index contributed by atoms with van der Waals surface area (Å²) in [4.78, 5) is 8.02. The number of hydrogen-bond acceptors (Lipinski definition) is 5. The van der Waals surface area contributed by atoms with Gasteiger partial charge in [-0.05, 0) is 17.9 Å². The van der Waals surface area contributed by atoms with Crippen LogP contribution in [0.3, 0.4) is 0 Å². The monoisotopic (exact) mass is 266 g/mol. The summed E-state index contributed by atoms with van der Waals surface area (Å²) in [5.74, 6) is 0. The minimum absolute atomic E-state index is 0.140. The number of nitrogens with zero attached hydrogens (tertiary/aromatic N) is 2. The standard InChI is InChI=1S/C12H14N2OS2/c15-10-1-3-14(6-10)7-11-5-13-12(17-11)9-2-4-16-8-9/h2,4-5,8,10,15H,1,3,6-7H2/t10-/m1/s1. The predicted molar refractivity (Wildman–Crippen MR) is 71.3 cm³/mol. The van der Waals surface area contributed by atoms with Crippen molar-refractivity contribution >= 4 is 22.7 Å². The fourth-order valence-corrected chi connectivity index (χ4v) is 3.74. The van der Waals surface area contributed by atoms with Crippen molar-refractivity contribution in [2.75, 3.05) is 13.1 Å². The SMILES string of the molecule is O[C@@H]1CCN(Cc2cnc(-c3ccsc3)s2)C1. The van der Waals surface area contributed by atoms with E-state index in [1.54, 1.807) is 22.7 Å². The average Bonchev–Trinajstić information content (AvgIpc) is 3.00. The molecule has 0 radical (unpaired) electrons. The van der Waals surface area contributed by atoms with Crippen LogP contribution in [0.1, 0.15) is 11.3 Å². The Balaban J connectivity index is 1.69. The fourth-order valence-electron chi connectivity index (χ4n) is 2.08. The fraction of sp³-hybridized carbons (Fsp3) is 0.417. The van der Waals surface area contributed by atoms with Gasteiger partial charge in [0, 0.05) is 41.7 Å². The lowest BCUT2D eigenvalue weighted by atomic mass is 10.3. The van der Waals surface area contributed by atoms with Gasteiger partial charge >= 0.3 is 0 Å². The van der Waals surface area contributed by atoms with Crippen LogP contribution in [0.25, 0.3) is 10.6 Å². The lowest BCUT2D eigenvalue weighted by molar-refractivity contribution is 0.175. The van der Waals surface area contributed by atoms with Gasteiger partial charge in [0.05, 0.1) is 6.10 Å². The molecule has 5 heteroatoms. The van der Waals surface area contributed by atoms with Crippen LogP contribution < -0.4 is 0 Å². The first-order valence-electron chi connectivity index (χ1n) is 5.69. The Kier molecular flexibility index (Phi) is 3.24. The minimum atomic E-state index is -0.140. The van der Waals surface area contributed by atoms with E-state index < -0.39 is 0 Å². The number of rotatable bonds is 3. The molecule has 3 nitrogen and oxygen atoms in total. The van der Waals surface area contributed by atoms with Gasteiger partial charge in [0.1, 0.15) is 5.01 Å². The molecule has 0 amide bonds. The summed E-state index contributed by atoms with van der Waals surface area (Å²) in [5, 5.41) is 14.8. The van der Waals surface area contributed by atoms with E-state index in [-0.39, 0.29) is 6.10 Å². The van der Waals surface area contributed by atoms with Crippen LogP contribution in [0, 0.1) is 0 Å². The highest BCUT2D eigenvalue weighted by Gasteiger charge is 2.20. The first-order chi connectivity index (χ1) is 8.31. The molecular formula is C12H14N2OS2. The third kappa shape index (κ3) is 2.57. The smallest absolute Gasteiger partial charge is 0.124 e. The molecule has 1 atom stereocenters. The number of hydrogen-bond donors (Lipinski definition) is 1. The quantitative estimate of drug-likeness (QED) is 0.927. The summed E-state index contributed by atoms with van der Waals surface area (Å²) in [6, 6.07) is 2.10. The number of thiazole rings is 1. The maximum atomic E-state index is 9.48. The number of aliphatic hydroxyl groups is 1. The highest BCUT2D eigenvalue weighted by Crippen LogP contribution is 2.28. The van der Waals surface area contributed by atoms with E-state index in [0.717, 1.165) is 31.1 Å². The molecule has 1 fully saturated rings. The second kappa shape index (κ2) is 4.86. The van der Waals surface area contributed by atoms with Gasteiger partial charge in [0.15, 0.2) is 0 Å². The molecule has 1 N–H and O–H groups in total. The summed E-state index contributed by atoms with van der Waals surface area (Å²) in [7, 11) is 0. The molecular weight excluding hydrogens is 252 g/mol. The molecule has 2 aromatic rings. The van der Waals surface area contributed by atoms with Gasteiger partial charge in [-0.25, -0.2) is 4.98 Å². The molecule has 0 saturated carbocycles. The van der Waals surface area contributed by atoms with E-state index in [9.17, 15) is 5.11 Å². The van der Waals surface area contributed by atoms with Gasteiger partial charge < -0.3 is 5.11 Å². The Bertz CT molecular complexity index is 480. The minimum Gasteiger partial charge on any atom is -0.392 e. The number of aromatic nitrogens is 1. The van der Waals surface area contributed by atoms with E-state index in [2.05, 4.69) is 26.7 Å². The Hall–Kier alpha value is -0.750. The van der Waals surface area contributed by atoms with Crippen LogP contribution in [0.15, 0.2) is 23.0 Å². The molecule has 90 valence electrons. The molecule has 1 aliphatic rings. The van der Waals surface area contributed by atoms with E-state index >= 15 is 0 Å². The summed E-state index contributed by atoms with van der Waals surface area (Å²) < 4.78 is 0. The number of thiophene rings is 1. The second-order valence-electron chi connectivity index (χ2n) is 4.32. The van der Waals surface area contributed by atoms with Crippen molar-refractivity contribution in [1.82, 2.24) is 9.88 Å². The third-order valence-corrected chi connectivity index (χ3v) is 4.66. The summed E-state index contributed by atoms with van der Waals surface area (Å²) >= 11 is 3.45. The van der Waals surface area contributed by atoms with Crippen molar-refractivity contribution in [2.24, 2.45) is 0 Å². The van der Waals surface area contributed by atoms with Crippen LogP contribution in [-0.4, -0.2) is 34.2 Å². The first kappa shape index (κ1) is 11.3. The van der Waals surface area contributed by atoms with E-state index in [4.69, 9.17) is 0 Å². The predicted octanol–water partition coefficient (Wildman–Crippen LogP) is 2.44. The summed E-state index contributed by atoms with van der Waals surface area (Å²) in [5.41, 5.74) is 1.22. The van der Waals surface area contributed by atoms with E-state index in [1.165, 1.54) is 10.4 Å². The largest absolute Gasteiger partial charge is 0.392 e. The van der Waals surface area contributed by atoms with Gasteiger partial charge in [-0.3, -0.25) is 4.90 Å². The van der Waals surface area contributed by atoms with Crippen molar-refractivity contribution in [3.05, 3.63) is 27.9 Å². The molecule has 0 aliphatic carbocycles. The van der Waals surface area contributed by atoms with Gasteiger partial charge in [-0.15, -0.1) is 11.3 Å². The van der Waals surface area contributed by atoms with E-state index in [1.807, 2.05) is 6.20 Å². The van der Waals surface area contributed by atoms with Crippen molar-refractivity contribution in [3.8, 4) is 10.6 Å². The van der Waals surface area contributed by atoms with E-state index in [0.29, 0.717) is 0 Å². The normalized spacial score (nSPS) is 21.1. The molecule has 0 spiro atoms. The van der Waals surface area contributed by atoms with Crippen LogP contribution in [0.5, 0.6) is 0 Å². The molecule has 17 heavy (non-hydrogen) atoms. The molecule has 0 unspecified atom stereocenters. The zero-order valence-electron chi connectivity index (χ0n) is 9.37. The number of likely N-dealkylation sites (tertiary alicyclic amines) is 1. The van der Waals surface area contributed by atoms with Gasteiger partial charge in [0.2, 0.25) is 0 Å². The molecule has 0 bridgehead atoms. The van der Waals surface area contributed by atoms with Gasteiger partial charge in [0.25, 0.3) is 0 Å². The van der Waals surface area contributed by atoms with Crippen molar-refractivity contribution in [2.45, 2.75) is 19.1 Å². The van der Waals surface area contributed by atoms with Crippen LogP contribution in [0.2, 0.25) is 0 Å². The lowest BCUT2D eigenvalue weighted by Crippen LogP contribution is -2.20. The first-order valence-corrected chi connectivity index (χ1v) is 7.45. The lowest BCUT2D eigenvalue weighted by Gasteiger charge is -2.12. The third-order valence-electron chi connectivity index (χ3n) is 2.95. The van der Waals surface area contributed by atoms with Crippen molar-refractivity contribution in [1.29, 1.82) is 0 Å². The summed E-state index contributed by atoms with van der Waals surface area (Å²) in [6.45, 7) is 2.71. The molecule has 1 saturated heterocycles. The molecule has 2 aromatic heterocycles. The molecule has 3 rings (SSSR count). The molecule has 1 aliphatic heterocycles. The Morgan fingerprint density at radius 2 is 2.47 bits per heavy atom. The zero-order chi connectivity index (χ0) is 11.7. The van der Waals surface area contributed by atoms with Crippen LogP contribution in [0.4, 0.5) is 0 Å².